The minimum absolute atomic E-state index is 0. The van der Waals surface area contributed by atoms with Gasteiger partial charge in [-0.3, -0.25) is 4.79 Å². The van der Waals surface area contributed by atoms with Gasteiger partial charge in [0.2, 0.25) is 11.8 Å². The molecule has 2 aromatic rings. The number of hydrogen-bond acceptors (Lipinski definition) is 6. The summed E-state index contributed by atoms with van der Waals surface area (Å²) in [5, 5.41) is 15.2. The van der Waals surface area contributed by atoms with Gasteiger partial charge in [-0.05, 0) is 36.8 Å². The molecule has 26 heavy (non-hydrogen) atoms. The van der Waals surface area contributed by atoms with Gasteiger partial charge in [-0.25, -0.2) is 4.98 Å². The number of carbonyl (C=O) groups excluding carboxylic acids is 1. The first-order valence-electron chi connectivity index (χ1n) is 7.64. The van der Waals surface area contributed by atoms with Gasteiger partial charge < -0.3 is 25.2 Å². The van der Waals surface area contributed by atoms with Crippen LogP contribution in [0.25, 0.3) is 0 Å². The van der Waals surface area contributed by atoms with Crippen LogP contribution in [-0.4, -0.2) is 41.8 Å². The Balaban J connectivity index is 0.00000169. The van der Waals surface area contributed by atoms with E-state index in [9.17, 15) is 9.90 Å². The number of rotatable bonds is 5. The minimum Gasteiger partial charge on any atom is -0.497 e. The van der Waals surface area contributed by atoms with Gasteiger partial charge in [0, 0.05) is 12.6 Å². The average molecular weight is 402 g/mol. The van der Waals surface area contributed by atoms with E-state index in [4.69, 9.17) is 9.47 Å². The van der Waals surface area contributed by atoms with Crippen molar-refractivity contribution in [1.29, 1.82) is 0 Å². The van der Waals surface area contributed by atoms with E-state index < -0.39 is 6.10 Å². The number of nitrogens with zero attached hydrogens (tertiary/aromatic N) is 1. The van der Waals surface area contributed by atoms with Crippen molar-refractivity contribution >= 4 is 36.4 Å². The Morgan fingerprint density at radius 2 is 1.88 bits per heavy atom. The van der Waals surface area contributed by atoms with Gasteiger partial charge in [-0.1, -0.05) is 0 Å². The number of benzene rings is 1. The molecular weight excluding hydrogens is 381 g/mol. The molecule has 9 heteroatoms. The Kier molecular flexibility index (Phi) is 8.60. The number of hydrogen-bond donors (Lipinski definition) is 3. The van der Waals surface area contributed by atoms with Crippen molar-refractivity contribution in [3.05, 3.63) is 42.6 Å². The van der Waals surface area contributed by atoms with Crippen molar-refractivity contribution in [2.45, 2.75) is 18.6 Å². The lowest BCUT2D eigenvalue weighted by Crippen LogP contribution is -2.35. The molecule has 3 N–H and O–H groups in total. The second kappa shape index (κ2) is 10.2. The van der Waals surface area contributed by atoms with Crippen molar-refractivity contribution in [3.8, 4) is 17.4 Å². The maximum Gasteiger partial charge on any atom is 0.241 e. The highest BCUT2D eigenvalue weighted by molar-refractivity contribution is 5.94. The minimum atomic E-state index is -0.473. The number of pyridine rings is 1. The van der Waals surface area contributed by atoms with Gasteiger partial charge in [-0.2, -0.15) is 0 Å². The number of β-amino-alcohol motifs (C(OH)–C–C–N with tert-alkyl or cyclic N) is 1. The number of carbonyl (C=O) groups is 1. The van der Waals surface area contributed by atoms with Gasteiger partial charge >= 0.3 is 0 Å². The molecule has 1 fully saturated rings. The lowest BCUT2D eigenvalue weighted by molar-refractivity contribution is -0.117. The number of amides is 1. The van der Waals surface area contributed by atoms with Crippen molar-refractivity contribution in [3.63, 3.8) is 0 Å². The van der Waals surface area contributed by atoms with E-state index in [2.05, 4.69) is 15.6 Å². The van der Waals surface area contributed by atoms with Gasteiger partial charge in [0.05, 0.1) is 31.1 Å². The van der Waals surface area contributed by atoms with E-state index >= 15 is 0 Å². The third-order valence-electron chi connectivity index (χ3n) is 3.71. The number of aromatic nitrogens is 1. The highest BCUT2D eigenvalue weighted by atomic mass is 35.5. The third-order valence-corrected chi connectivity index (χ3v) is 3.71. The molecule has 0 aliphatic carbocycles. The summed E-state index contributed by atoms with van der Waals surface area (Å²) >= 11 is 0. The summed E-state index contributed by atoms with van der Waals surface area (Å²) in [5.74, 6) is 1.63. The molecule has 1 aromatic carbocycles. The fraction of sp³-hybridized carbons (Fsp3) is 0.294. The van der Waals surface area contributed by atoms with E-state index in [1.165, 1.54) is 6.20 Å². The van der Waals surface area contributed by atoms with Crippen LogP contribution in [-0.2, 0) is 4.79 Å². The Bertz CT molecular complexity index is 698. The van der Waals surface area contributed by atoms with Crippen LogP contribution in [0.1, 0.15) is 6.42 Å². The second-order valence-corrected chi connectivity index (χ2v) is 5.50. The van der Waals surface area contributed by atoms with Crippen molar-refractivity contribution in [2.24, 2.45) is 0 Å². The second-order valence-electron chi connectivity index (χ2n) is 5.50. The van der Waals surface area contributed by atoms with E-state index in [0.29, 0.717) is 30.3 Å². The molecule has 0 spiro atoms. The lowest BCUT2D eigenvalue weighted by Gasteiger charge is -2.11. The molecule has 142 valence electrons. The van der Waals surface area contributed by atoms with Crippen LogP contribution in [0, 0.1) is 0 Å². The van der Waals surface area contributed by atoms with Gasteiger partial charge in [0.15, 0.2) is 0 Å². The zero-order valence-electron chi connectivity index (χ0n) is 14.0. The Morgan fingerprint density at radius 1 is 1.19 bits per heavy atom. The topological polar surface area (TPSA) is 92.7 Å². The van der Waals surface area contributed by atoms with Crippen molar-refractivity contribution in [1.82, 2.24) is 10.3 Å². The summed E-state index contributed by atoms with van der Waals surface area (Å²) in [6.07, 6.45) is 1.47. The van der Waals surface area contributed by atoms with E-state index in [-0.39, 0.29) is 36.8 Å². The smallest absolute Gasteiger partial charge is 0.241 e. The van der Waals surface area contributed by atoms with Crippen LogP contribution in [0.3, 0.4) is 0 Å². The maximum absolute atomic E-state index is 12.0. The number of aliphatic hydroxyl groups excluding tert-OH is 1. The van der Waals surface area contributed by atoms with Crippen LogP contribution in [0.15, 0.2) is 42.6 Å². The zero-order chi connectivity index (χ0) is 16.9. The number of halogens is 2. The third kappa shape index (κ3) is 5.74. The average Bonchev–Trinajstić information content (AvgIpc) is 3.04. The van der Waals surface area contributed by atoms with Crippen molar-refractivity contribution < 1.29 is 19.4 Å². The summed E-state index contributed by atoms with van der Waals surface area (Å²) in [6, 6.07) is 10.2. The normalized spacial score (nSPS) is 18.2. The molecule has 7 nitrogen and oxygen atoms in total. The molecule has 2 heterocycles. The van der Waals surface area contributed by atoms with Crippen molar-refractivity contribution in [2.75, 3.05) is 19.0 Å². The predicted octanol–water partition coefficient (Wildman–Crippen LogP) is 2.39. The number of anilines is 1. The number of methoxy groups -OCH3 is 1. The number of nitrogens with one attached hydrogen (secondary N) is 2. The molecule has 2 atom stereocenters. The van der Waals surface area contributed by atoms with Crippen LogP contribution in [0.2, 0.25) is 0 Å². The van der Waals surface area contributed by atoms with Crippen LogP contribution >= 0.6 is 24.8 Å². The summed E-state index contributed by atoms with van der Waals surface area (Å²) in [6.45, 7) is 0.435. The van der Waals surface area contributed by atoms with Crippen LogP contribution < -0.4 is 20.1 Å². The predicted molar refractivity (Wildman–Crippen MR) is 103 cm³/mol. The molecule has 1 aliphatic heterocycles. The number of ether oxygens (including phenoxy) is 2. The van der Waals surface area contributed by atoms with Gasteiger partial charge in [-0.15, -0.1) is 24.8 Å². The maximum atomic E-state index is 12.0. The van der Waals surface area contributed by atoms with E-state index in [1.54, 1.807) is 43.5 Å². The summed E-state index contributed by atoms with van der Waals surface area (Å²) < 4.78 is 10.7. The van der Waals surface area contributed by atoms with E-state index in [1.807, 2.05) is 0 Å². The fourth-order valence-corrected chi connectivity index (χ4v) is 2.43. The highest BCUT2D eigenvalue weighted by Gasteiger charge is 2.27. The molecule has 1 aliphatic rings. The first-order chi connectivity index (χ1) is 11.6. The van der Waals surface area contributed by atoms with Gasteiger partial charge in [0.1, 0.15) is 11.5 Å². The van der Waals surface area contributed by atoms with Gasteiger partial charge in [0.25, 0.3) is 0 Å². The largest absolute Gasteiger partial charge is 0.497 e. The molecule has 1 aromatic heterocycles. The first-order valence-corrected chi connectivity index (χ1v) is 7.64. The summed E-state index contributed by atoms with van der Waals surface area (Å²) in [7, 11) is 1.60. The first kappa shape index (κ1) is 22.0. The Morgan fingerprint density at radius 3 is 2.42 bits per heavy atom. The van der Waals surface area contributed by atoms with Crippen LogP contribution in [0.5, 0.6) is 17.4 Å². The highest BCUT2D eigenvalue weighted by Crippen LogP contribution is 2.23. The molecule has 1 saturated heterocycles. The molecule has 0 radical (unpaired) electrons. The molecular formula is C17H21Cl2N3O4. The Labute approximate surface area is 163 Å². The molecule has 3 rings (SSSR count). The lowest BCUT2D eigenvalue weighted by atomic mass is 10.2. The SMILES string of the molecule is COc1ccc(Oc2ccc(NC(=O)C3CC(O)CN3)cn2)cc1.Cl.Cl. The van der Waals surface area contributed by atoms with Crippen LogP contribution in [0.4, 0.5) is 5.69 Å². The monoisotopic (exact) mass is 401 g/mol. The Hall–Kier alpha value is -2.06. The standard InChI is InChI=1S/C17H19N3O4.2ClH/c1-23-13-3-5-14(6-4-13)24-16-7-2-11(9-19-16)20-17(22)15-8-12(21)10-18-15;;/h2-7,9,12,15,18,21H,8,10H2,1H3,(H,20,22);2*1H. The zero-order valence-corrected chi connectivity index (χ0v) is 15.7. The molecule has 1 amide bonds. The summed E-state index contributed by atoms with van der Waals surface area (Å²) in [5.41, 5.74) is 0.574. The molecule has 2 unspecified atom stereocenters. The van der Waals surface area contributed by atoms with E-state index in [0.717, 1.165) is 5.75 Å². The quantitative estimate of drug-likeness (QED) is 0.711. The molecule has 0 bridgehead atoms. The fourth-order valence-electron chi connectivity index (χ4n) is 2.43. The summed E-state index contributed by atoms with van der Waals surface area (Å²) in [4.78, 5) is 16.2. The molecule has 0 saturated carbocycles. The number of aliphatic hydroxyl groups is 1.